The van der Waals surface area contributed by atoms with Crippen molar-refractivity contribution in [2.75, 3.05) is 13.7 Å². The van der Waals surface area contributed by atoms with Crippen LogP contribution < -0.4 is 20.5 Å². The highest BCUT2D eigenvalue weighted by molar-refractivity contribution is 6.31. The molecule has 0 saturated heterocycles. The maximum Gasteiger partial charge on any atom is 0.227 e. The number of fused-ring (bicyclic) bond motifs is 1. The van der Waals surface area contributed by atoms with Crippen LogP contribution >= 0.6 is 11.6 Å². The topological polar surface area (TPSA) is 127 Å². The Labute approximate surface area is 266 Å². The summed E-state index contributed by atoms with van der Waals surface area (Å²) in [4.78, 5) is 18.4. The number of amides is 1. The number of pyridine rings is 1. The molecule has 0 radical (unpaired) electrons. The molecule has 0 spiro atoms. The number of hydrogen-bond acceptors (Lipinski definition) is 7. The minimum absolute atomic E-state index is 0.0498. The fourth-order valence-corrected chi connectivity index (χ4v) is 6.58. The van der Waals surface area contributed by atoms with Gasteiger partial charge in [-0.25, -0.2) is 9.37 Å². The van der Waals surface area contributed by atoms with Gasteiger partial charge in [0.15, 0.2) is 0 Å². The van der Waals surface area contributed by atoms with Crippen molar-refractivity contribution in [2.24, 2.45) is 11.1 Å². The summed E-state index contributed by atoms with van der Waals surface area (Å²) >= 11 is 6.54. The van der Waals surface area contributed by atoms with Gasteiger partial charge in [-0.1, -0.05) is 54.1 Å². The Morgan fingerprint density at radius 3 is 2.60 bits per heavy atom. The Kier molecular flexibility index (Phi) is 8.79. The second-order valence-corrected chi connectivity index (χ2v) is 12.3. The van der Waals surface area contributed by atoms with E-state index in [-0.39, 0.29) is 24.9 Å². The van der Waals surface area contributed by atoms with Gasteiger partial charge in [-0.3, -0.25) is 4.79 Å². The Morgan fingerprint density at radius 2 is 1.89 bits per heavy atom. The molecule has 1 fully saturated rings. The summed E-state index contributed by atoms with van der Waals surface area (Å²) in [5.41, 5.74) is 9.53. The number of aliphatic hydroxyl groups excluding tert-OH is 2. The number of ether oxygens (including phenoxy) is 2. The second-order valence-electron chi connectivity index (χ2n) is 11.9. The van der Waals surface area contributed by atoms with Crippen LogP contribution in [0, 0.1) is 11.2 Å². The highest BCUT2D eigenvalue weighted by Gasteiger charge is 2.62. The van der Waals surface area contributed by atoms with Crippen molar-refractivity contribution < 1.29 is 28.9 Å². The molecule has 6 atom stereocenters. The number of aromatic nitrogens is 1. The fraction of sp³-hybridized carbons (Fsp3) is 0.314. The van der Waals surface area contributed by atoms with Gasteiger partial charge in [0.25, 0.3) is 0 Å². The van der Waals surface area contributed by atoms with E-state index in [1.165, 1.54) is 18.2 Å². The zero-order chi connectivity index (χ0) is 31.7. The number of rotatable bonds is 10. The van der Waals surface area contributed by atoms with Gasteiger partial charge in [0.05, 0.1) is 24.7 Å². The van der Waals surface area contributed by atoms with Crippen LogP contribution in [0.4, 0.5) is 4.39 Å². The van der Waals surface area contributed by atoms with Crippen molar-refractivity contribution in [3.05, 3.63) is 113 Å². The summed E-state index contributed by atoms with van der Waals surface area (Å²) in [6.07, 6.45) is 0.558. The zero-order valence-corrected chi connectivity index (χ0v) is 25.5. The van der Waals surface area contributed by atoms with Gasteiger partial charge in [-0.2, -0.15) is 0 Å². The van der Waals surface area contributed by atoms with Crippen molar-refractivity contribution in [2.45, 2.75) is 49.5 Å². The third-order valence-electron chi connectivity index (χ3n) is 8.97. The Bertz CT molecular complexity index is 1670. The summed E-state index contributed by atoms with van der Waals surface area (Å²) in [6.45, 7) is -0.0498. The first kappa shape index (κ1) is 31.0. The van der Waals surface area contributed by atoms with Gasteiger partial charge < -0.3 is 30.7 Å². The maximum atomic E-state index is 14.2. The molecule has 1 amide bonds. The number of nitrogens with two attached hydrogens (primary N) is 1. The zero-order valence-electron chi connectivity index (χ0n) is 24.7. The number of aliphatic hydroxyl groups is 2. The van der Waals surface area contributed by atoms with E-state index in [0.717, 1.165) is 22.3 Å². The van der Waals surface area contributed by atoms with E-state index in [0.29, 0.717) is 35.1 Å². The van der Waals surface area contributed by atoms with Crippen LogP contribution in [0.3, 0.4) is 0 Å². The molecule has 234 valence electrons. The summed E-state index contributed by atoms with van der Waals surface area (Å²) in [5.74, 6) is -0.199. The van der Waals surface area contributed by atoms with Crippen LogP contribution in [-0.2, 0) is 11.2 Å². The van der Waals surface area contributed by atoms with E-state index < -0.39 is 35.5 Å². The molecule has 0 unspecified atom stereocenters. The van der Waals surface area contributed by atoms with Gasteiger partial charge in [0.2, 0.25) is 11.8 Å². The quantitative estimate of drug-likeness (QED) is 0.195. The first-order chi connectivity index (χ1) is 21.7. The second kappa shape index (κ2) is 12.8. The molecule has 0 bridgehead atoms. The first-order valence-electron chi connectivity index (χ1n) is 14.9. The number of nitrogens with one attached hydrogen (secondary N) is 1. The normalized spacial score (nSPS) is 23.3. The molecule has 4 aromatic rings. The van der Waals surface area contributed by atoms with E-state index in [4.69, 9.17) is 26.8 Å². The molecule has 1 aromatic heterocycles. The van der Waals surface area contributed by atoms with Crippen LogP contribution in [0.2, 0.25) is 5.02 Å². The van der Waals surface area contributed by atoms with Crippen molar-refractivity contribution in [1.82, 2.24) is 10.3 Å². The summed E-state index contributed by atoms with van der Waals surface area (Å²) in [7, 11) is 1.57. The molecule has 5 N–H and O–H groups in total. The number of methoxy groups -OCH3 is 1. The largest absolute Gasteiger partial charge is 0.490 e. The molecule has 6 rings (SSSR count). The molecule has 2 aliphatic rings. The summed E-state index contributed by atoms with van der Waals surface area (Å²) in [5, 5.41) is 25.6. The van der Waals surface area contributed by atoms with Crippen molar-refractivity contribution >= 4 is 17.5 Å². The predicted molar refractivity (Wildman–Crippen MR) is 169 cm³/mol. The summed E-state index contributed by atoms with van der Waals surface area (Å²) < 4.78 is 24.9. The molecular weight excluding hydrogens is 597 g/mol. The van der Waals surface area contributed by atoms with E-state index >= 15 is 0 Å². The molecular formula is C35H35ClFN3O5. The molecule has 8 nitrogen and oxygen atoms in total. The summed E-state index contributed by atoms with van der Waals surface area (Å²) in [6, 6.07) is 21.4. The van der Waals surface area contributed by atoms with Gasteiger partial charge in [-0.05, 0) is 66.3 Å². The predicted octanol–water partition coefficient (Wildman–Crippen LogP) is 4.96. The molecule has 1 aliphatic heterocycles. The molecule has 3 aromatic carbocycles. The van der Waals surface area contributed by atoms with E-state index in [1.807, 2.05) is 48.5 Å². The molecule has 2 heterocycles. The highest BCUT2D eigenvalue weighted by atomic mass is 35.5. The number of benzene rings is 3. The number of hydrogen-bond donors (Lipinski definition) is 4. The Hall–Kier alpha value is -4.02. The third kappa shape index (κ3) is 6.39. The van der Waals surface area contributed by atoms with Crippen LogP contribution in [-0.4, -0.2) is 53.1 Å². The number of halogens is 2. The van der Waals surface area contributed by atoms with Crippen molar-refractivity contribution in [3.8, 4) is 22.8 Å². The molecule has 1 saturated carbocycles. The van der Waals surface area contributed by atoms with E-state index in [2.05, 4.69) is 10.3 Å². The van der Waals surface area contributed by atoms with E-state index in [1.54, 1.807) is 25.4 Å². The lowest BCUT2D eigenvalue weighted by molar-refractivity contribution is -0.130. The minimum Gasteiger partial charge on any atom is -0.490 e. The van der Waals surface area contributed by atoms with Gasteiger partial charge in [0.1, 0.15) is 24.3 Å². The molecule has 1 aliphatic carbocycles. The lowest BCUT2D eigenvalue weighted by Crippen LogP contribution is -2.47. The SMILES string of the molecule is COc1ccc(-c2ccc(C[C@H](N)[C@@H](O)C[C@]3(C(=O)N[C@H]4c5cc(F)ccc5OC[C@H]4O)C[C@H]3c3ccccc3Cl)cc2)cn1. The number of nitrogens with zero attached hydrogens (tertiary/aromatic N) is 1. The van der Waals surface area contributed by atoms with Gasteiger partial charge in [0, 0.05) is 40.4 Å². The van der Waals surface area contributed by atoms with Crippen molar-refractivity contribution in [3.63, 3.8) is 0 Å². The van der Waals surface area contributed by atoms with Crippen LogP contribution in [0.25, 0.3) is 11.1 Å². The van der Waals surface area contributed by atoms with Crippen LogP contribution in [0.5, 0.6) is 11.6 Å². The molecule has 10 heteroatoms. The van der Waals surface area contributed by atoms with Gasteiger partial charge >= 0.3 is 0 Å². The minimum atomic E-state index is -1.08. The third-order valence-corrected chi connectivity index (χ3v) is 9.31. The van der Waals surface area contributed by atoms with Crippen LogP contribution in [0.1, 0.15) is 41.5 Å². The van der Waals surface area contributed by atoms with Crippen LogP contribution in [0.15, 0.2) is 85.1 Å². The lowest BCUT2D eigenvalue weighted by Gasteiger charge is -2.33. The Morgan fingerprint density at radius 1 is 1.13 bits per heavy atom. The number of carbonyl (C=O) groups is 1. The van der Waals surface area contributed by atoms with E-state index in [9.17, 15) is 19.4 Å². The Balaban J connectivity index is 1.19. The van der Waals surface area contributed by atoms with Gasteiger partial charge in [-0.15, -0.1) is 0 Å². The standard InChI is InChI=1S/C35H35ClFN3O5/c1-44-32-13-10-22(18-39-32)21-8-6-20(7-9-21)14-28(38)29(41)17-35(16-26(35)24-4-2-3-5-27(24)36)34(43)40-33-25-15-23(37)11-12-31(25)45-19-30(33)42/h2-13,15,18,26,28-30,33,41-42H,14,16-17,19,38H2,1H3,(H,40,43)/t26-,28-,29-,30+,33-,35+/m0/s1. The smallest absolute Gasteiger partial charge is 0.227 e. The van der Waals surface area contributed by atoms with Crippen molar-refractivity contribution in [1.29, 1.82) is 0 Å². The maximum absolute atomic E-state index is 14.2. The monoisotopic (exact) mass is 631 g/mol. The first-order valence-corrected chi connectivity index (χ1v) is 15.2. The molecule has 45 heavy (non-hydrogen) atoms. The lowest BCUT2D eigenvalue weighted by atomic mass is 9.86. The average Bonchev–Trinajstić information content (AvgIpc) is 3.77. The number of carbonyl (C=O) groups excluding carboxylic acids is 1. The highest BCUT2D eigenvalue weighted by Crippen LogP contribution is 2.63. The fourth-order valence-electron chi connectivity index (χ4n) is 6.31. The average molecular weight is 632 g/mol.